The number of nitrogens with zero attached hydrogens (tertiary/aromatic N) is 2. The topological polar surface area (TPSA) is 105 Å². The van der Waals surface area contributed by atoms with Crippen LogP contribution in [0.5, 0.6) is 5.88 Å². The van der Waals surface area contributed by atoms with Gasteiger partial charge in [-0.15, -0.1) is 0 Å². The van der Waals surface area contributed by atoms with Crippen LogP contribution in [0.1, 0.15) is 21.7 Å². The van der Waals surface area contributed by atoms with E-state index in [4.69, 9.17) is 9.84 Å². The maximum atomic E-state index is 11.5. The van der Waals surface area contributed by atoms with Crippen molar-refractivity contribution in [2.24, 2.45) is 0 Å². The predicted octanol–water partition coefficient (Wildman–Crippen LogP) is 0.462. The fourth-order valence-electron chi connectivity index (χ4n) is 1.50. The van der Waals surface area contributed by atoms with Gasteiger partial charge in [0.1, 0.15) is 11.4 Å². The number of H-pyrrole nitrogens is 1. The number of carboxylic acid groups (broad SMARTS) is 1. The minimum atomic E-state index is -1.30. The molecule has 0 radical (unpaired) electrons. The molecule has 2 aromatic rings. The van der Waals surface area contributed by atoms with E-state index in [-0.39, 0.29) is 5.56 Å². The number of pyridine rings is 1. The van der Waals surface area contributed by atoms with E-state index in [1.807, 2.05) is 0 Å². The van der Waals surface area contributed by atoms with E-state index in [1.54, 1.807) is 18.3 Å². The minimum Gasteiger partial charge on any atom is -0.481 e. The van der Waals surface area contributed by atoms with Gasteiger partial charge in [0.2, 0.25) is 5.88 Å². The molecule has 19 heavy (non-hydrogen) atoms. The quantitative estimate of drug-likeness (QED) is 0.828. The lowest BCUT2D eigenvalue weighted by molar-refractivity contribution is 0.0694. The maximum absolute atomic E-state index is 11.5. The van der Waals surface area contributed by atoms with Crippen molar-refractivity contribution >= 4 is 5.97 Å². The smallest absolute Gasteiger partial charge is 0.342 e. The maximum Gasteiger partial charge on any atom is 0.342 e. The molecule has 0 fully saturated rings. The summed E-state index contributed by atoms with van der Waals surface area (Å²) >= 11 is 0. The molecule has 0 saturated carbocycles. The summed E-state index contributed by atoms with van der Waals surface area (Å²) < 4.78 is 4.93. The van der Waals surface area contributed by atoms with Gasteiger partial charge in [-0.3, -0.25) is 4.79 Å². The summed E-state index contributed by atoms with van der Waals surface area (Å²) in [7, 11) is 1.52. The molecule has 0 unspecified atom stereocenters. The molecule has 2 heterocycles. The van der Waals surface area contributed by atoms with Gasteiger partial charge < -0.3 is 14.8 Å². The highest BCUT2D eigenvalue weighted by atomic mass is 16.5. The second-order valence-electron chi connectivity index (χ2n) is 3.76. The van der Waals surface area contributed by atoms with Gasteiger partial charge in [0.15, 0.2) is 0 Å². The SMILES string of the molecule is COc1ccc(Cc2ncc(C(=O)O)c(=O)[nH]2)cn1. The molecule has 0 aromatic carbocycles. The number of ether oxygens (including phenoxy) is 1. The Morgan fingerprint density at radius 1 is 1.37 bits per heavy atom. The molecule has 0 aliphatic heterocycles. The number of methoxy groups -OCH3 is 1. The summed E-state index contributed by atoms with van der Waals surface area (Å²) in [6, 6.07) is 3.48. The molecule has 0 aliphatic carbocycles. The Bertz CT molecular complexity index is 649. The van der Waals surface area contributed by atoms with Crippen LogP contribution in [-0.4, -0.2) is 33.1 Å². The third-order valence-corrected chi connectivity index (χ3v) is 2.46. The van der Waals surface area contributed by atoms with E-state index < -0.39 is 11.5 Å². The summed E-state index contributed by atoms with van der Waals surface area (Å²) in [5, 5.41) is 8.72. The summed E-state index contributed by atoms with van der Waals surface area (Å²) in [6.07, 6.45) is 3.00. The molecule has 0 bridgehead atoms. The van der Waals surface area contributed by atoms with Crippen LogP contribution in [0.3, 0.4) is 0 Å². The number of aromatic amines is 1. The van der Waals surface area contributed by atoms with Crippen molar-refractivity contribution < 1.29 is 14.6 Å². The Hall–Kier alpha value is -2.70. The van der Waals surface area contributed by atoms with E-state index in [9.17, 15) is 9.59 Å². The van der Waals surface area contributed by atoms with Crippen LogP contribution in [0.4, 0.5) is 0 Å². The van der Waals surface area contributed by atoms with Crippen molar-refractivity contribution in [3.63, 3.8) is 0 Å². The van der Waals surface area contributed by atoms with Crippen LogP contribution in [-0.2, 0) is 6.42 Å². The van der Waals surface area contributed by atoms with Crippen LogP contribution in [0.25, 0.3) is 0 Å². The summed E-state index contributed by atoms with van der Waals surface area (Å²) in [5.41, 5.74) is -0.220. The summed E-state index contributed by atoms with van der Waals surface area (Å²) in [6.45, 7) is 0. The predicted molar refractivity (Wildman–Crippen MR) is 65.4 cm³/mol. The fourth-order valence-corrected chi connectivity index (χ4v) is 1.50. The Balaban J connectivity index is 2.21. The number of nitrogens with one attached hydrogen (secondary N) is 1. The van der Waals surface area contributed by atoms with Gasteiger partial charge in [-0.1, -0.05) is 6.07 Å². The van der Waals surface area contributed by atoms with Crippen LogP contribution in [0.2, 0.25) is 0 Å². The molecule has 7 heteroatoms. The van der Waals surface area contributed by atoms with E-state index in [1.165, 1.54) is 7.11 Å². The molecule has 7 nitrogen and oxygen atoms in total. The lowest BCUT2D eigenvalue weighted by Crippen LogP contribution is -2.20. The van der Waals surface area contributed by atoms with Gasteiger partial charge in [0.05, 0.1) is 7.11 Å². The van der Waals surface area contributed by atoms with Crippen LogP contribution in [0.15, 0.2) is 29.3 Å². The average molecular weight is 261 g/mol. The monoisotopic (exact) mass is 261 g/mol. The van der Waals surface area contributed by atoms with Gasteiger partial charge >= 0.3 is 5.97 Å². The molecule has 98 valence electrons. The summed E-state index contributed by atoms with van der Waals surface area (Å²) in [5.74, 6) is -0.431. The highest BCUT2D eigenvalue weighted by molar-refractivity contribution is 5.86. The van der Waals surface area contributed by atoms with Gasteiger partial charge in [-0.25, -0.2) is 14.8 Å². The molecule has 2 rings (SSSR count). The van der Waals surface area contributed by atoms with Gasteiger partial charge in [-0.2, -0.15) is 0 Å². The number of carboxylic acids is 1. The van der Waals surface area contributed by atoms with E-state index in [0.717, 1.165) is 11.8 Å². The summed E-state index contributed by atoms with van der Waals surface area (Å²) in [4.78, 5) is 32.5. The van der Waals surface area contributed by atoms with Crippen LogP contribution < -0.4 is 10.3 Å². The lowest BCUT2D eigenvalue weighted by Gasteiger charge is -2.02. The van der Waals surface area contributed by atoms with E-state index in [2.05, 4.69) is 15.0 Å². The van der Waals surface area contributed by atoms with Crippen molar-refractivity contribution in [1.29, 1.82) is 0 Å². The third kappa shape index (κ3) is 2.95. The molecule has 0 amide bonds. The van der Waals surface area contributed by atoms with Crippen molar-refractivity contribution in [2.75, 3.05) is 7.11 Å². The molecule has 0 saturated heterocycles. The first-order chi connectivity index (χ1) is 9.10. The Labute approximate surface area is 107 Å². The van der Waals surface area contributed by atoms with Gasteiger partial charge in [0.25, 0.3) is 5.56 Å². The second kappa shape index (κ2) is 5.30. The van der Waals surface area contributed by atoms with Gasteiger partial charge in [0, 0.05) is 24.9 Å². The zero-order chi connectivity index (χ0) is 13.8. The first kappa shape index (κ1) is 12.7. The standard InChI is InChI=1S/C12H11N3O4/c1-19-10-3-2-7(5-14-10)4-9-13-6-8(12(17)18)11(16)15-9/h2-3,5-6H,4H2,1H3,(H,17,18)(H,13,15,16). The highest BCUT2D eigenvalue weighted by Crippen LogP contribution is 2.09. The largest absolute Gasteiger partial charge is 0.481 e. The molecule has 0 aliphatic rings. The molecule has 2 aromatic heterocycles. The number of aromatic carboxylic acids is 1. The highest BCUT2D eigenvalue weighted by Gasteiger charge is 2.10. The minimum absolute atomic E-state index is 0.353. The molecular weight excluding hydrogens is 250 g/mol. The van der Waals surface area contributed by atoms with Crippen LogP contribution >= 0.6 is 0 Å². The number of hydrogen-bond acceptors (Lipinski definition) is 5. The first-order valence-corrected chi connectivity index (χ1v) is 5.40. The second-order valence-corrected chi connectivity index (χ2v) is 3.76. The fraction of sp³-hybridized carbons (Fsp3) is 0.167. The molecule has 2 N–H and O–H groups in total. The molecular formula is C12H11N3O4. The Morgan fingerprint density at radius 2 is 2.16 bits per heavy atom. The normalized spacial score (nSPS) is 10.2. The lowest BCUT2D eigenvalue weighted by atomic mass is 10.2. The number of aromatic nitrogens is 3. The third-order valence-electron chi connectivity index (χ3n) is 2.46. The van der Waals surface area contributed by atoms with Crippen molar-refractivity contribution in [2.45, 2.75) is 6.42 Å². The first-order valence-electron chi connectivity index (χ1n) is 5.40. The van der Waals surface area contributed by atoms with Crippen molar-refractivity contribution in [3.8, 4) is 5.88 Å². The average Bonchev–Trinajstić information content (AvgIpc) is 2.39. The zero-order valence-electron chi connectivity index (χ0n) is 10.1. The van der Waals surface area contributed by atoms with E-state index >= 15 is 0 Å². The number of rotatable bonds is 4. The number of hydrogen-bond donors (Lipinski definition) is 2. The number of carbonyl (C=O) groups is 1. The Morgan fingerprint density at radius 3 is 2.68 bits per heavy atom. The van der Waals surface area contributed by atoms with Crippen LogP contribution in [0, 0.1) is 0 Å². The molecule has 0 spiro atoms. The van der Waals surface area contributed by atoms with E-state index in [0.29, 0.717) is 18.1 Å². The Kier molecular flexibility index (Phi) is 3.56. The zero-order valence-corrected chi connectivity index (χ0v) is 10.1. The van der Waals surface area contributed by atoms with Gasteiger partial charge in [-0.05, 0) is 5.56 Å². The van der Waals surface area contributed by atoms with Crippen molar-refractivity contribution in [1.82, 2.24) is 15.0 Å². The molecule has 0 atom stereocenters. The van der Waals surface area contributed by atoms with Crippen molar-refractivity contribution in [3.05, 3.63) is 51.8 Å².